The number of aromatic nitrogens is 1. The number of hydrogen-bond donors (Lipinski definition) is 3. The number of aliphatic carboxylic acids is 1. The fourth-order valence-electron chi connectivity index (χ4n) is 3.64. The summed E-state index contributed by atoms with van der Waals surface area (Å²) in [7, 11) is 0. The first-order chi connectivity index (χ1) is 14.5. The summed E-state index contributed by atoms with van der Waals surface area (Å²) in [6, 6.07) is 12.8. The van der Waals surface area contributed by atoms with Crippen molar-refractivity contribution in [2.75, 3.05) is 6.54 Å². The van der Waals surface area contributed by atoms with Gasteiger partial charge in [0.2, 0.25) is 5.91 Å². The molecule has 1 aromatic heterocycles. The molecule has 0 radical (unpaired) electrons. The number of aromatic amines is 1. The lowest BCUT2D eigenvalue weighted by Crippen LogP contribution is -2.43. The van der Waals surface area contributed by atoms with Crippen LogP contribution in [0.25, 0.3) is 10.9 Å². The van der Waals surface area contributed by atoms with E-state index in [0.717, 1.165) is 21.4 Å². The minimum absolute atomic E-state index is 0.109. The normalized spacial score (nSPS) is 14.1. The number of benzene rings is 2. The molecule has 30 heavy (non-hydrogen) atoms. The van der Waals surface area contributed by atoms with E-state index in [9.17, 15) is 24.3 Å². The summed E-state index contributed by atoms with van der Waals surface area (Å²) in [5.74, 6) is -2.60. The number of H-pyrrole nitrogens is 1. The van der Waals surface area contributed by atoms with Crippen LogP contribution in [0.3, 0.4) is 0 Å². The van der Waals surface area contributed by atoms with Crippen molar-refractivity contribution in [3.63, 3.8) is 0 Å². The van der Waals surface area contributed by atoms with Crippen LogP contribution in [0.15, 0.2) is 54.7 Å². The molecule has 3 amide bonds. The van der Waals surface area contributed by atoms with Crippen molar-refractivity contribution in [3.8, 4) is 0 Å². The average Bonchev–Trinajstić information content (AvgIpc) is 3.25. The van der Waals surface area contributed by atoms with Gasteiger partial charge in [-0.15, -0.1) is 0 Å². The topological polar surface area (TPSA) is 120 Å². The molecule has 0 saturated heterocycles. The molecule has 8 heteroatoms. The maximum absolute atomic E-state index is 12.4. The molecule has 3 aromatic rings. The van der Waals surface area contributed by atoms with Crippen LogP contribution in [-0.4, -0.2) is 51.3 Å². The van der Waals surface area contributed by atoms with Crippen molar-refractivity contribution in [2.45, 2.75) is 18.9 Å². The number of hydrogen-bond acceptors (Lipinski definition) is 4. The Morgan fingerprint density at radius 2 is 1.63 bits per heavy atom. The number of rotatable bonds is 7. The van der Waals surface area contributed by atoms with Gasteiger partial charge < -0.3 is 15.4 Å². The van der Waals surface area contributed by atoms with Crippen LogP contribution in [0.1, 0.15) is 32.7 Å². The first-order valence-corrected chi connectivity index (χ1v) is 9.48. The van der Waals surface area contributed by atoms with Gasteiger partial charge in [0.15, 0.2) is 0 Å². The molecule has 2 aromatic carbocycles. The molecule has 0 aliphatic carbocycles. The number of carboxylic acid groups (broad SMARTS) is 1. The van der Waals surface area contributed by atoms with Gasteiger partial charge in [0, 0.05) is 36.5 Å². The summed E-state index contributed by atoms with van der Waals surface area (Å²) >= 11 is 0. The number of carbonyl (C=O) groups excluding carboxylic acids is 3. The van der Waals surface area contributed by atoms with E-state index in [2.05, 4.69) is 10.3 Å². The van der Waals surface area contributed by atoms with Crippen LogP contribution >= 0.6 is 0 Å². The largest absolute Gasteiger partial charge is 0.480 e. The van der Waals surface area contributed by atoms with E-state index >= 15 is 0 Å². The number of para-hydroxylation sites is 1. The van der Waals surface area contributed by atoms with E-state index in [1.54, 1.807) is 30.5 Å². The van der Waals surface area contributed by atoms with E-state index in [-0.39, 0.29) is 19.4 Å². The number of nitrogens with zero attached hydrogens (tertiary/aromatic N) is 1. The lowest BCUT2D eigenvalue weighted by molar-refractivity contribution is -0.141. The molecule has 0 bridgehead atoms. The first-order valence-electron chi connectivity index (χ1n) is 9.48. The van der Waals surface area contributed by atoms with Gasteiger partial charge in [-0.05, 0) is 23.8 Å². The molecule has 1 aliphatic heterocycles. The minimum atomic E-state index is -1.16. The quantitative estimate of drug-likeness (QED) is 0.519. The second-order valence-corrected chi connectivity index (χ2v) is 7.08. The zero-order chi connectivity index (χ0) is 21.3. The Morgan fingerprint density at radius 3 is 2.30 bits per heavy atom. The predicted molar refractivity (Wildman–Crippen MR) is 108 cm³/mol. The van der Waals surface area contributed by atoms with E-state index in [1.807, 2.05) is 24.3 Å². The number of imide groups is 1. The summed E-state index contributed by atoms with van der Waals surface area (Å²) in [6.45, 7) is -0.113. The fourth-order valence-corrected chi connectivity index (χ4v) is 3.64. The lowest BCUT2D eigenvalue weighted by Gasteiger charge is -2.17. The monoisotopic (exact) mass is 405 g/mol. The highest BCUT2D eigenvalue weighted by Crippen LogP contribution is 2.22. The maximum Gasteiger partial charge on any atom is 0.326 e. The van der Waals surface area contributed by atoms with E-state index < -0.39 is 29.7 Å². The zero-order valence-electron chi connectivity index (χ0n) is 15.9. The lowest BCUT2D eigenvalue weighted by atomic mass is 10.0. The van der Waals surface area contributed by atoms with Crippen molar-refractivity contribution in [3.05, 3.63) is 71.4 Å². The highest BCUT2D eigenvalue weighted by molar-refractivity contribution is 6.21. The average molecular weight is 405 g/mol. The molecule has 152 valence electrons. The van der Waals surface area contributed by atoms with Crippen molar-refractivity contribution in [1.82, 2.24) is 15.2 Å². The van der Waals surface area contributed by atoms with Gasteiger partial charge in [0.05, 0.1) is 11.1 Å². The van der Waals surface area contributed by atoms with Crippen molar-refractivity contribution in [1.29, 1.82) is 0 Å². The molecule has 3 N–H and O–H groups in total. The van der Waals surface area contributed by atoms with Crippen LogP contribution in [0.4, 0.5) is 0 Å². The Kier molecular flexibility index (Phi) is 5.05. The molecule has 0 fully saturated rings. The Balaban J connectivity index is 1.39. The molecule has 2 heterocycles. The van der Waals surface area contributed by atoms with Crippen molar-refractivity contribution >= 4 is 34.6 Å². The zero-order valence-corrected chi connectivity index (χ0v) is 15.9. The van der Waals surface area contributed by atoms with Gasteiger partial charge in [-0.1, -0.05) is 30.3 Å². The van der Waals surface area contributed by atoms with Gasteiger partial charge in [0.1, 0.15) is 6.04 Å². The number of nitrogens with one attached hydrogen (secondary N) is 2. The molecule has 0 spiro atoms. The molecular weight excluding hydrogens is 386 g/mol. The van der Waals surface area contributed by atoms with E-state index in [1.165, 1.54) is 0 Å². The first kappa shape index (κ1) is 19.4. The van der Waals surface area contributed by atoms with Crippen LogP contribution in [0.5, 0.6) is 0 Å². The van der Waals surface area contributed by atoms with Crippen LogP contribution in [0.2, 0.25) is 0 Å². The summed E-state index contributed by atoms with van der Waals surface area (Å²) in [5.41, 5.74) is 2.28. The molecule has 1 aliphatic rings. The molecular formula is C22H19N3O5. The summed E-state index contributed by atoms with van der Waals surface area (Å²) in [4.78, 5) is 52.8. The van der Waals surface area contributed by atoms with Gasteiger partial charge in [-0.3, -0.25) is 19.3 Å². The number of fused-ring (bicyclic) bond motifs is 2. The standard InChI is InChI=1S/C22H19N3O5/c26-19(9-10-25-20(27)15-6-1-2-7-16(15)21(25)28)24-18(22(29)30)11-13-12-23-17-8-4-3-5-14(13)17/h1-8,12,18,23H,9-11H2,(H,24,26)(H,29,30). The molecule has 1 atom stereocenters. The van der Waals surface area contributed by atoms with E-state index in [0.29, 0.717) is 11.1 Å². The van der Waals surface area contributed by atoms with Gasteiger partial charge in [-0.25, -0.2) is 4.79 Å². The fraction of sp³-hybridized carbons (Fsp3) is 0.182. The van der Waals surface area contributed by atoms with Gasteiger partial charge in [-0.2, -0.15) is 0 Å². The molecule has 1 unspecified atom stereocenters. The second kappa shape index (κ2) is 7.82. The third-order valence-corrected chi connectivity index (χ3v) is 5.17. The van der Waals surface area contributed by atoms with Crippen molar-refractivity contribution < 1.29 is 24.3 Å². The Bertz CT molecular complexity index is 1130. The number of carboxylic acids is 1. The Labute approximate surface area is 171 Å². The third-order valence-electron chi connectivity index (χ3n) is 5.17. The number of carbonyl (C=O) groups is 4. The summed E-state index contributed by atoms with van der Waals surface area (Å²) < 4.78 is 0. The predicted octanol–water partition coefficient (Wildman–Crippen LogP) is 1.97. The Hall–Kier alpha value is -3.94. The van der Waals surface area contributed by atoms with Gasteiger partial charge in [0.25, 0.3) is 11.8 Å². The van der Waals surface area contributed by atoms with Crippen molar-refractivity contribution in [2.24, 2.45) is 0 Å². The SMILES string of the molecule is O=C(CCN1C(=O)c2ccccc2C1=O)NC(Cc1c[nH]c2ccccc12)C(=O)O. The molecule has 0 saturated carbocycles. The highest BCUT2D eigenvalue weighted by Gasteiger charge is 2.35. The second-order valence-electron chi connectivity index (χ2n) is 7.08. The third kappa shape index (κ3) is 3.55. The number of amides is 3. The highest BCUT2D eigenvalue weighted by atomic mass is 16.4. The molecule has 4 rings (SSSR count). The Morgan fingerprint density at radius 1 is 1.00 bits per heavy atom. The van der Waals surface area contributed by atoms with Crippen LogP contribution in [0, 0.1) is 0 Å². The van der Waals surface area contributed by atoms with E-state index in [4.69, 9.17) is 0 Å². The van der Waals surface area contributed by atoms with Crippen LogP contribution < -0.4 is 5.32 Å². The smallest absolute Gasteiger partial charge is 0.326 e. The van der Waals surface area contributed by atoms with Crippen LogP contribution in [-0.2, 0) is 16.0 Å². The van der Waals surface area contributed by atoms with Gasteiger partial charge >= 0.3 is 5.97 Å². The summed E-state index contributed by atoms with van der Waals surface area (Å²) in [6.07, 6.45) is 1.66. The maximum atomic E-state index is 12.4. The molecule has 8 nitrogen and oxygen atoms in total. The minimum Gasteiger partial charge on any atom is -0.480 e. The summed E-state index contributed by atoms with van der Waals surface area (Å²) in [5, 5.41) is 12.9.